The smallest absolute Gasteiger partial charge is 0.256 e. The molecule has 0 fully saturated rings. The van der Waals surface area contributed by atoms with E-state index in [0.717, 1.165) is 27.8 Å². The maximum absolute atomic E-state index is 13.4. The summed E-state index contributed by atoms with van der Waals surface area (Å²) in [7, 11) is -3.61. The van der Waals surface area contributed by atoms with Gasteiger partial charge in [0, 0.05) is 17.3 Å². The topological polar surface area (TPSA) is 75.3 Å². The molecule has 4 aromatic rings. The lowest BCUT2D eigenvalue weighted by Crippen LogP contribution is -2.35. The fraction of sp³-hybridized carbons (Fsp3) is 0.138. The zero-order chi connectivity index (χ0) is 25.3. The minimum absolute atomic E-state index is 0.240. The first-order valence-corrected chi connectivity index (χ1v) is 13.1. The molecular formula is C29H25FN2O3S. The van der Waals surface area contributed by atoms with E-state index in [1.807, 2.05) is 43.3 Å². The predicted octanol–water partition coefficient (Wildman–Crippen LogP) is 5.50. The zero-order valence-electron chi connectivity index (χ0n) is 19.7. The van der Waals surface area contributed by atoms with Gasteiger partial charge in [-0.1, -0.05) is 54.1 Å². The van der Waals surface area contributed by atoms with E-state index >= 15 is 0 Å². The van der Waals surface area contributed by atoms with Crippen LogP contribution in [0.1, 0.15) is 27.0 Å². The number of sulfonamides is 1. The SMILES string of the molecule is Cc1ccc(-c2ccc(F)cc2)c(C(=O)Nc2ccc3c(c2)CC(NS(=O)(=O)c2ccccc2)C3)c1. The second-order valence-corrected chi connectivity index (χ2v) is 10.7. The van der Waals surface area contributed by atoms with Gasteiger partial charge in [-0.05, 0) is 84.5 Å². The highest BCUT2D eigenvalue weighted by molar-refractivity contribution is 7.89. The summed E-state index contributed by atoms with van der Waals surface area (Å²) in [5.74, 6) is -0.600. The molecule has 182 valence electrons. The second-order valence-electron chi connectivity index (χ2n) is 9.03. The highest BCUT2D eigenvalue weighted by Gasteiger charge is 2.27. The van der Waals surface area contributed by atoms with Crippen LogP contribution in [0.5, 0.6) is 0 Å². The van der Waals surface area contributed by atoms with Gasteiger partial charge < -0.3 is 5.32 Å². The van der Waals surface area contributed by atoms with Crippen molar-refractivity contribution < 1.29 is 17.6 Å². The number of carbonyl (C=O) groups excluding carboxylic acids is 1. The van der Waals surface area contributed by atoms with Crippen LogP contribution in [0.4, 0.5) is 10.1 Å². The molecular weight excluding hydrogens is 475 g/mol. The number of fused-ring (bicyclic) bond motifs is 1. The summed E-state index contributed by atoms with van der Waals surface area (Å²) in [5, 5.41) is 2.97. The molecule has 0 saturated heterocycles. The van der Waals surface area contributed by atoms with Crippen LogP contribution in [-0.4, -0.2) is 20.4 Å². The predicted molar refractivity (Wildman–Crippen MR) is 139 cm³/mol. The number of nitrogens with one attached hydrogen (secondary N) is 2. The van der Waals surface area contributed by atoms with Crippen molar-refractivity contribution in [1.29, 1.82) is 0 Å². The number of carbonyl (C=O) groups is 1. The molecule has 1 aliphatic carbocycles. The Bertz CT molecular complexity index is 1540. The molecule has 1 atom stereocenters. The Hall–Kier alpha value is -3.81. The standard InChI is InChI=1S/C29H25FN2O3S/c1-19-7-14-27(20-8-11-23(30)12-9-20)28(15-19)29(33)31-24-13-10-21-16-25(18-22(21)17-24)32-36(34,35)26-5-3-2-4-6-26/h2-15,17,25,32H,16,18H2,1H3,(H,31,33). The fourth-order valence-electron chi connectivity index (χ4n) is 4.59. The molecule has 36 heavy (non-hydrogen) atoms. The van der Waals surface area contributed by atoms with Gasteiger partial charge in [-0.15, -0.1) is 0 Å². The molecule has 0 radical (unpaired) electrons. The summed E-state index contributed by atoms with van der Waals surface area (Å²) in [5.41, 5.74) is 5.59. The molecule has 1 unspecified atom stereocenters. The summed E-state index contributed by atoms with van der Waals surface area (Å²) in [4.78, 5) is 13.5. The monoisotopic (exact) mass is 500 g/mol. The number of benzene rings is 4. The minimum atomic E-state index is -3.61. The van der Waals surface area contributed by atoms with Crippen LogP contribution in [0, 0.1) is 12.7 Å². The molecule has 0 bridgehead atoms. The van der Waals surface area contributed by atoms with Crippen molar-refractivity contribution in [2.45, 2.75) is 30.7 Å². The Balaban J connectivity index is 1.33. The quantitative estimate of drug-likeness (QED) is 0.367. The average molecular weight is 501 g/mol. The fourth-order valence-corrected chi connectivity index (χ4v) is 5.85. The van der Waals surface area contributed by atoms with Gasteiger partial charge in [-0.25, -0.2) is 17.5 Å². The Morgan fingerprint density at radius 3 is 2.33 bits per heavy atom. The maximum Gasteiger partial charge on any atom is 0.256 e. The van der Waals surface area contributed by atoms with Crippen molar-refractivity contribution in [3.8, 4) is 11.1 Å². The average Bonchev–Trinajstić information content (AvgIpc) is 3.26. The van der Waals surface area contributed by atoms with E-state index in [0.29, 0.717) is 24.1 Å². The third-order valence-corrected chi connectivity index (χ3v) is 7.88. The molecule has 0 saturated carbocycles. The molecule has 5 nitrogen and oxygen atoms in total. The number of amides is 1. The molecule has 1 amide bonds. The highest BCUT2D eigenvalue weighted by atomic mass is 32.2. The highest BCUT2D eigenvalue weighted by Crippen LogP contribution is 2.29. The molecule has 0 aromatic heterocycles. The Morgan fingerprint density at radius 2 is 1.58 bits per heavy atom. The normalized spacial score (nSPS) is 14.9. The van der Waals surface area contributed by atoms with Crippen molar-refractivity contribution in [2.24, 2.45) is 0 Å². The molecule has 1 aliphatic rings. The van der Waals surface area contributed by atoms with Crippen LogP contribution in [0.25, 0.3) is 11.1 Å². The van der Waals surface area contributed by atoms with E-state index < -0.39 is 10.0 Å². The second kappa shape index (κ2) is 9.68. The van der Waals surface area contributed by atoms with E-state index in [2.05, 4.69) is 10.0 Å². The van der Waals surface area contributed by atoms with Crippen LogP contribution in [0.3, 0.4) is 0 Å². The first-order chi connectivity index (χ1) is 17.3. The van der Waals surface area contributed by atoms with E-state index in [-0.39, 0.29) is 22.7 Å². The first-order valence-electron chi connectivity index (χ1n) is 11.7. The molecule has 5 rings (SSSR count). The summed E-state index contributed by atoms with van der Waals surface area (Å²) in [6, 6.07) is 25.4. The lowest BCUT2D eigenvalue weighted by molar-refractivity contribution is 0.102. The van der Waals surface area contributed by atoms with Crippen LogP contribution >= 0.6 is 0 Å². The van der Waals surface area contributed by atoms with Crippen molar-refractivity contribution in [1.82, 2.24) is 4.72 Å². The lowest BCUT2D eigenvalue weighted by atomic mass is 9.97. The van der Waals surface area contributed by atoms with E-state index in [4.69, 9.17) is 0 Å². The first kappa shape index (κ1) is 23.9. The van der Waals surface area contributed by atoms with Gasteiger partial charge >= 0.3 is 0 Å². The van der Waals surface area contributed by atoms with Gasteiger partial charge in [-0.2, -0.15) is 0 Å². The van der Waals surface area contributed by atoms with Crippen LogP contribution in [0.15, 0.2) is 95.9 Å². The van der Waals surface area contributed by atoms with Crippen LogP contribution < -0.4 is 10.0 Å². The summed E-state index contributed by atoms with van der Waals surface area (Å²) in [6.45, 7) is 1.91. The molecule has 0 spiro atoms. The van der Waals surface area contributed by atoms with Crippen LogP contribution in [-0.2, 0) is 22.9 Å². The van der Waals surface area contributed by atoms with Gasteiger partial charge in [0.2, 0.25) is 10.0 Å². The molecule has 0 aliphatic heterocycles. The zero-order valence-corrected chi connectivity index (χ0v) is 20.5. The molecule has 0 heterocycles. The van der Waals surface area contributed by atoms with E-state index in [9.17, 15) is 17.6 Å². The van der Waals surface area contributed by atoms with Gasteiger partial charge in [-0.3, -0.25) is 4.79 Å². The van der Waals surface area contributed by atoms with Gasteiger partial charge in [0.25, 0.3) is 5.91 Å². The van der Waals surface area contributed by atoms with Crippen molar-refractivity contribution in [3.05, 3.63) is 119 Å². The van der Waals surface area contributed by atoms with Gasteiger partial charge in [0.15, 0.2) is 0 Å². The number of hydrogen-bond donors (Lipinski definition) is 2. The number of hydrogen-bond acceptors (Lipinski definition) is 3. The van der Waals surface area contributed by atoms with Crippen LogP contribution in [0.2, 0.25) is 0 Å². The summed E-state index contributed by atoms with van der Waals surface area (Å²) >= 11 is 0. The number of anilines is 1. The molecule has 2 N–H and O–H groups in total. The Kier molecular flexibility index (Phi) is 6.43. The van der Waals surface area contributed by atoms with Crippen molar-refractivity contribution in [2.75, 3.05) is 5.32 Å². The minimum Gasteiger partial charge on any atom is -0.322 e. The van der Waals surface area contributed by atoms with Crippen molar-refractivity contribution >= 4 is 21.6 Å². The van der Waals surface area contributed by atoms with E-state index in [1.54, 1.807) is 42.5 Å². The van der Waals surface area contributed by atoms with Crippen molar-refractivity contribution in [3.63, 3.8) is 0 Å². The number of rotatable bonds is 6. The van der Waals surface area contributed by atoms with Gasteiger partial charge in [0.05, 0.1) is 4.90 Å². The van der Waals surface area contributed by atoms with E-state index in [1.165, 1.54) is 12.1 Å². The molecule has 4 aromatic carbocycles. The number of aryl methyl sites for hydroxylation is 1. The molecule has 7 heteroatoms. The summed E-state index contributed by atoms with van der Waals surface area (Å²) < 4.78 is 41.6. The third kappa shape index (κ3) is 5.08. The maximum atomic E-state index is 13.4. The lowest BCUT2D eigenvalue weighted by Gasteiger charge is -2.13. The van der Waals surface area contributed by atoms with Gasteiger partial charge in [0.1, 0.15) is 5.82 Å². The number of halogens is 1. The largest absolute Gasteiger partial charge is 0.322 e. The Labute approximate surface area is 210 Å². The third-order valence-electron chi connectivity index (χ3n) is 6.35. The summed E-state index contributed by atoms with van der Waals surface area (Å²) in [6.07, 6.45) is 1.12. The Morgan fingerprint density at radius 1 is 0.861 bits per heavy atom.